The second kappa shape index (κ2) is 8.12. The third-order valence-electron chi connectivity index (χ3n) is 5.65. The normalized spacial score (nSPS) is 21.7. The Labute approximate surface area is 156 Å². The fraction of sp³-hybridized carbons (Fsp3) is 0.571. The summed E-state index contributed by atoms with van der Waals surface area (Å²) in [5.41, 5.74) is 1.95. The topological polar surface area (TPSA) is 45.2 Å². The molecule has 4 heterocycles. The average molecular weight is 351 g/mol. The van der Waals surface area contributed by atoms with Crippen LogP contribution in [0, 0.1) is 0 Å². The van der Waals surface area contributed by atoms with Crippen LogP contribution < -0.4 is 4.90 Å². The van der Waals surface area contributed by atoms with Crippen molar-refractivity contribution in [2.24, 2.45) is 0 Å². The molecule has 0 N–H and O–H groups in total. The lowest BCUT2D eigenvalue weighted by Crippen LogP contribution is -2.42. The molecule has 1 atom stereocenters. The molecule has 0 aliphatic carbocycles. The van der Waals surface area contributed by atoms with Crippen LogP contribution in [0.25, 0.3) is 11.5 Å². The fourth-order valence-electron chi connectivity index (χ4n) is 4.17. The molecule has 2 aliphatic rings. The Morgan fingerprint density at radius 3 is 2.65 bits per heavy atom. The maximum Gasteiger partial charge on any atom is 0.180 e. The lowest BCUT2D eigenvalue weighted by molar-refractivity contribution is 0.236. The van der Waals surface area contributed by atoms with E-state index in [1.807, 2.05) is 24.4 Å². The highest BCUT2D eigenvalue weighted by atomic mass is 15.3. The van der Waals surface area contributed by atoms with Gasteiger partial charge in [0.05, 0.1) is 0 Å². The van der Waals surface area contributed by atoms with Gasteiger partial charge in [-0.3, -0.25) is 9.88 Å². The Kier molecular flexibility index (Phi) is 5.44. The zero-order valence-corrected chi connectivity index (χ0v) is 15.8. The van der Waals surface area contributed by atoms with Gasteiger partial charge in [-0.2, -0.15) is 0 Å². The lowest BCUT2D eigenvalue weighted by atomic mass is 10.1. The summed E-state index contributed by atoms with van der Waals surface area (Å²) in [4.78, 5) is 19.3. The van der Waals surface area contributed by atoms with E-state index in [4.69, 9.17) is 9.97 Å². The zero-order chi connectivity index (χ0) is 17.8. The van der Waals surface area contributed by atoms with Gasteiger partial charge in [-0.05, 0) is 57.3 Å². The standard InChI is InChI=1S/C21H29N5/c1-2-17-15-20(24-21(23-17)19-10-3-5-11-22-19)26-14-6-4-9-18(16-26)25-12-7-8-13-25/h3,5,10-11,15,18H,2,4,6-9,12-14,16H2,1H3. The van der Waals surface area contributed by atoms with E-state index < -0.39 is 0 Å². The first-order valence-electron chi connectivity index (χ1n) is 10.1. The summed E-state index contributed by atoms with van der Waals surface area (Å²) in [5.74, 6) is 1.82. The predicted molar refractivity (Wildman–Crippen MR) is 105 cm³/mol. The van der Waals surface area contributed by atoms with Crippen molar-refractivity contribution in [1.82, 2.24) is 19.9 Å². The van der Waals surface area contributed by atoms with Gasteiger partial charge in [-0.1, -0.05) is 19.4 Å². The van der Waals surface area contributed by atoms with Crippen LogP contribution >= 0.6 is 0 Å². The molecule has 2 aromatic heterocycles. The summed E-state index contributed by atoms with van der Waals surface area (Å²) < 4.78 is 0. The molecule has 1 unspecified atom stereocenters. The molecule has 26 heavy (non-hydrogen) atoms. The molecule has 5 heteroatoms. The lowest BCUT2D eigenvalue weighted by Gasteiger charge is -2.31. The highest BCUT2D eigenvalue weighted by molar-refractivity contribution is 5.54. The van der Waals surface area contributed by atoms with Gasteiger partial charge in [0.15, 0.2) is 5.82 Å². The van der Waals surface area contributed by atoms with Crippen LogP contribution in [-0.4, -0.2) is 52.1 Å². The molecule has 0 bridgehead atoms. The Morgan fingerprint density at radius 2 is 1.88 bits per heavy atom. The summed E-state index contributed by atoms with van der Waals surface area (Å²) in [7, 11) is 0. The molecular formula is C21H29N5. The second-order valence-corrected chi connectivity index (χ2v) is 7.45. The van der Waals surface area contributed by atoms with Crippen molar-refractivity contribution in [3.63, 3.8) is 0 Å². The van der Waals surface area contributed by atoms with Gasteiger partial charge in [0.25, 0.3) is 0 Å². The minimum atomic E-state index is 0.665. The summed E-state index contributed by atoms with van der Waals surface area (Å²) in [5, 5.41) is 0. The monoisotopic (exact) mass is 351 g/mol. The van der Waals surface area contributed by atoms with Gasteiger partial charge >= 0.3 is 0 Å². The van der Waals surface area contributed by atoms with Crippen LogP contribution in [0.15, 0.2) is 30.5 Å². The van der Waals surface area contributed by atoms with Crippen LogP contribution in [0.2, 0.25) is 0 Å². The van der Waals surface area contributed by atoms with Crippen molar-refractivity contribution >= 4 is 5.82 Å². The van der Waals surface area contributed by atoms with Crippen molar-refractivity contribution in [3.05, 3.63) is 36.2 Å². The SMILES string of the molecule is CCc1cc(N2CCCCC(N3CCCC3)C2)nc(-c2ccccn2)n1. The van der Waals surface area contributed by atoms with E-state index in [1.54, 1.807) is 0 Å². The highest BCUT2D eigenvalue weighted by Crippen LogP contribution is 2.25. The molecule has 4 rings (SSSR count). The van der Waals surface area contributed by atoms with E-state index in [0.717, 1.165) is 42.5 Å². The maximum absolute atomic E-state index is 4.91. The molecule has 0 spiro atoms. The predicted octanol–water partition coefficient (Wildman–Crippen LogP) is 3.56. The van der Waals surface area contributed by atoms with Crippen molar-refractivity contribution in [2.45, 2.75) is 51.5 Å². The van der Waals surface area contributed by atoms with E-state index in [9.17, 15) is 0 Å². The number of nitrogens with zero attached hydrogens (tertiary/aromatic N) is 5. The summed E-state index contributed by atoms with van der Waals surface area (Å²) in [6, 6.07) is 8.77. The van der Waals surface area contributed by atoms with Crippen molar-refractivity contribution < 1.29 is 0 Å². The molecular weight excluding hydrogens is 322 g/mol. The van der Waals surface area contributed by atoms with Crippen LogP contribution in [0.4, 0.5) is 5.82 Å². The van der Waals surface area contributed by atoms with Crippen molar-refractivity contribution in [1.29, 1.82) is 0 Å². The van der Waals surface area contributed by atoms with E-state index in [0.29, 0.717) is 6.04 Å². The van der Waals surface area contributed by atoms with Gasteiger partial charge in [-0.15, -0.1) is 0 Å². The molecule has 0 amide bonds. The van der Waals surface area contributed by atoms with Crippen molar-refractivity contribution in [3.8, 4) is 11.5 Å². The van der Waals surface area contributed by atoms with E-state index in [2.05, 4.69) is 27.8 Å². The molecule has 0 aromatic carbocycles. The first-order chi connectivity index (χ1) is 12.8. The zero-order valence-electron chi connectivity index (χ0n) is 15.8. The summed E-state index contributed by atoms with van der Waals surface area (Å²) >= 11 is 0. The summed E-state index contributed by atoms with van der Waals surface area (Å²) in [6.45, 7) is 6.86. The third kappa shape index (κ3) is 3.88. The molecule has 0 radical (unpaired) electrons. The number of aromatic nitrogens is 3. The molecule has 138 valence electrons. The minimum Gasteiger partial charge on any atom is -0.355 e. The number of pyridine rings is 1. The van der Waals surface area contributed by atoms with Gasteiger partial charge in [0.2, 0.25) is 0 Å². The van der Waals surface area contributed by atoms with Crippen LogP contribution in [0.1, 0.15) is 44.7 Å². The summed E-state index contributed by atoms with van der Waals surface area (Å²) in [6.07, 6.45) is 9.31. The number of likely N-dealkylation sites (tertiary alicyclic amines) is 1. The Balaban J connectivity index is 1.62. The third-order valence-corrected chi connectivity index (χ3v) is 5.65. The molecule has 2 fully saturated rings. The number of hydrogen-bond acceptors (Lipinski definition) is 5. The Hall–Kier alpha value is -2.01. The molecule has 2 aromatic rings. The molecule has 2 saturated heterocycles. The Bertz CT molecular complexity index is 712. The number of aryl methyl sites for hydroxylation is 1. The fourth-order valence-corrected chi connectivity index (χ4v) is 4.17. The first kappa shape index (κ1) is 17.4. The van der Waals surface area contributed by atoms with E-state index in [-0.39, 0.29) is 0 Å². The van der Waals surface area contributed by atoms with Gasteiger partial charge in [0, 0.05) is 37.1 Å². The minimum absolute atomic E-state index is 0.665. The number of anilines is 1. The maximum atomic E-state index is 4.91. The largest absolute Gasteiger partial charge is 0.355 e. The Morgan fingerprint density at radius 1 is 1.04 bits per heavy atom. The average Bonchev–Trinajstić information content (AvgIpc) is 3.13. The second-order valence-electron chi connectivity index (χ2n) is 7.45. The molecule has 0 saturated carbocycles. The quantitative estimate of drug-likeness (QED) is 0.843. The highest BCUT2D eigenvalue weighted by Gasteiger charge is 2.26. The van der Waals surface area contributed by atoms with Crippen molar-refractivity contribution in [2.75, 3.05) is 31.1 Å². The smallest absolute Gasteiger partial charge is 0.180 e. The van der Waals surface area contributed by atoms with E-state index >= 15 is 0 Å². The molecule has 2 aliphatic heterocycles. The number of hydrogen-bond donors (Lipinski definition) is 0. The first-order valence-corrected chi connectivity index (χ1v) is 10.1. The molecule has 5 nitrogen and oxygen atoms in total. The van der Waals surface area contributed by atoms with Crippen LogP contribution in [0.5, 0.6) is 0 Å². The van der Waals surface area contributed by atoms with Gasteiger partial charge in [0.1, 0.15) is 11.5 Å². The van der Waals surface area contributed by atoms with Gasteiger partial charge < -0.3 is 4.90 Å². The van der Waals surface area contributed by atoms with Crippen LogP contribution in [-0.2, 0) is 6.42 Å². The van der Waals surface area contributed by atoms with Crippen LogP contribution in [0.3, 0.4) is 0 Å². The van der Waals surface area contributed by atoms with Gasteiger partial charge in [-0.25, -0.2) is 9.97 Å². The van der Waals surface area contributed by atoms with E-state index in [1.165, 1.54) is 45.2 Å². The number of rotatable bonds is 4.